The van der Waals surface area contributed by atoms with E-state index in [9.17, 15) is 19.2 Å². The van der Waals surface area contributed by atoms with Gasteiger partial charge < -0.3 is 19.5 Å². The monoisotopic (exact) mass is 412 g/mol. The minimum Gasteiger partial charge on any atom is -0.497 e. The zero-order valence-corrected chi connectivity index (χ0v) is 16.6. The third-order valence-corrected chi connectivity index (χ3v) is 4.53. The summed E-state index contributed by atoms with van der Waals surface area (Å²) in [5.74, 6) is -1.68. The maximum absolute atomic E-state index is 12.4. The van der Waals surface area contributed by atoms with E-state index in [0.717, 1.165) is 4.90 Å². The van der Waals surface area contributed by atoms with Crippen LogP contribution in [0.4, 0.5) is 5.69 Å². The highest BCUT2D eigenvalue weighted by molar-refractivity contribution is 6.22. The summed E-state index contributed by atoms with van der Waals surface area (Å²) in [7, 11) is 2.95. The Kier molecular flexibility index (Phi) is 6.01. The topological polar surface area (TPSA) is 111 Å². The van der Waals surface area contributed by atoms with Crippen molar-refractivity contribution in [2.75, 3.05) is 26.1 Å². The number of methoxy groups -OCH3 is 2. The Hall–Kier alpha value is -3.88. The lowest BCUT2D eigenvalue weighted by atomic mass is 10.1. The third-order valence-electron chi connectivity index (χ3n) is 4.53. The van der Waals surface area contributed by atoms with Crippen LogP contribution in [0.5, 0.6) is 11.5 Å². The number of anilines is 1. The molecule has 1 aliphatic heterocycles. The molecule has 1 aliphatic rings. The summed E-state index contributed by atoms with van der Waals surface area (Å²) in [6.45, 7) is 0.778. The van der Waals surface area contributed by atoms with Gasteiger partial charge in [-0.15, -0.1) is 0 Å². The van der Waals surface area contributed by atoms with Crippen LogP contribution < -0.4 is 14.8 Å². The Morgan fingerprint density at radius 2 is 1.50 bits per heavy atom. The van der Waals surface area contributed by atoms with Crippen LogP contribution in [0.1, 0.15) is 27.6 Å². The molecule has 0 spiro atoms. The highest BCUT2D eigenvalue weighted by Crippen LogP contribution is 2.26. The quantitative estimate of drug-likeness (QED) is 0.546. The Morgan fingerprint density at radius 1 is 0.967 bits per heavy atom. The Balaban J connectivity index is 1.60. The Morgan fingerprint density at radius 3 is 2.00 bits per heavy atom. The lowest BCUT2D eigenvalue weighted by Crippen LogP contribution is -2.44. The molecule has 9 nitrogen and oxygen atoms in total. The minimum atomic E-state index is -1.18. The summed E-state index contributed by atoms with van der Waals surface area (Å²) in [6, 6.07) is 9.91. The number of rotatable bonds is 7. The molecule has 3 amide bonds. The summed E-state index contributed by atoms with van der Waals surface area (Å²) in [4.78, 5) is 50.2. The Labute approximate surface area is 172 Å². The fourth-order valence-electron chi connectivity index (χ4n) is 3.00. The van der Waals surface area contributed by atoms with Crippen molar-refractivity contribution < 1.29 is 33.4 Å². The van der Waals surface area contributed by atoms with Gasteiger partial charge in [0, 0.05) is 23.9 Å². The van der Waals surface area contributed by atoms with Crippen LogP contribution in [-0.4, -0.2) is 55.5 Å². The zero-order chi connectivity index (χ0) is 21.8. The van der Waals surface area contributed by atoms with Crippen LogP contribution in [0.2, 0.25) is 0 Å². The molecule has 156 valence electrons. The first-order valence-corrected chi connectivity index (χ1v) is 9.02. The normalized spacial score (nSPS) is 13.5. The van der Waals surface area contributed by atoms with Crippen molar-refractivity contribution in [2.24, 2.45) is 0 Å². The van der Waals surface area contributed by atoms with Crippen molar-refractivity contribution in [1.82, 2.24) is 4.90 Å². The molecule has 1 atom stereocenters. The van der Waals surface area contributed by atoms with E-state index in [1.165, 1.54) is 33.3 Å². The first-order chi connectivity index (χ1) is 14.3. The second kappa shape index (κ2) is 8.64. The lowest BCUT2D eigenvalue weighted by Gasteiger charge is -2.20. The second-order valence-corrected chi connectivity index (χ2v) is 6.46. The number of ether oxygens (including phenoxy) is 3. The number of amides is 3. The van der Waals surface area contributed by atoms with Crippen LogP contribution in [-0.2, 0) is 14.3 Å². The number of benzene rings is 2. The molecule has 1 N–H and O–H groups in total. The van der Waals surface area contributed by atoms with Gasteiger partial charge >= 0.3 is 5.97 Å². The zero-order valence-electron chi connectivity index (χ0n) is 16.6. The number of imide groups is 1. The van der Waals surface area contributed by atoms with Gasteiger partial charge in [0.2, 0.25) is 0 Å². The number of esters is 1. The molecule has 30 heavy (non-hydrogen) atoms. The molecule has 0 aliphatic carbocycles. The molecule has 0 aromatic heterocycles. The highest BCUT2D eigenvalue weighted by Gasteiger charge is 2.41. The van der Waals surface area contributed by atoms with E-state index in [1.54, 1.807) is 30.3 Å². The van der Waals surface area contributed by atoms with E-state index in [4.69, 9.17) is 14.2 Å². The molecule has 0 radical (unpaired) electrons. The van der Waals surface area contributed by atoms with E-state index < -0.39 is 36.3 Å². The number of fused-ring (bicyclic) bond motifs is 1. The van der Waals surface area contributed by atoms with Crippen LogP contribution >= 0.6 is 0 Å². The fourth-order valence-corrected chi connectivity index (χ4v) is 3.00. The SMILES string of the molecule is COc1cc(NC(=O)COC(=O)C(C)N2C(=O)c3ccccc3C2=O)cc(OC)c1. The third kappa shape index (κ3) is 4.09. The molecule has 2 aromatic rings. The number of nitrogens with zero attached hydrogens (tertiary/aromatic N) is 1. The van der Waals surface area contributed by atoms with Crippen LogP contribution in [0, 0.1) is 0 Å². The average Bonchev–Trinajstić information content (AvgIpc) is 3.01. The molecule has 2 aromatic carbocycles. The average molecular weight is 412 g/mol. The molecular weight excluding hydrogens is 392 g/mol. The maximum Gasteiger partial charge on any atom is 0.329 e. The number of hydrogen-bond acceptors (Lipinski definition) is 7. The van der Waals surface area contributed by atoms with E-state index >= 15 is 0 Å². The molecule has 0 saturated carbocycles. The van der Waals surface area contributed by atoms with E-state index in [-0.39, 0.29) is 11.1 Å². The van der Waals surface area contributed by atoms with Gasteiger partial charge in [0.1, 0.15) is 17.5 Å². The Bertz CT molecular complexity index is 961. The van der Waals surface area contributed by atoms with E-state index in [0.29, 0.717) is 17.2 Å². The van der Waals surface area contributed by atoms with Gasteiger partial charge in [0.15, 0.2) is 6.61 Å². The summed E-state index contributed by atoms with van der Waals surface area (Å²) < 4.78 is 15.3. The van der Waals surface area contributed by atoms with Crippen molar-refractivity contribution in [3.63, 3.8) is 0 Å². The summed E-state index contributed by atoms with van der Waals surface area (Å²) in [5, 5.41) is 2.56. The number of carbonyl (C=O) groups excluding carboxylic acids is 4. The molecule has 3 rings (SSSR count). The second-order valence-electron chi connectivity index (χ2n) is 6.46. The van der Waals surface area contributed by atoms with Gasteiger partial charge in [-0.2, -0.15) is 0 Å². The van der Waals surface area contributed by atoms with Gasteiger partial charge in [-0.25, -0.2) is 4.79 Å². The van der Waals surface area contributed by atoms with Crippen molar-refractivity contribution in [3.05, 3.63) is 53.6 Å². The van der Waals surface area contributed by atoms with Gasteiger partial charge in [-0.05, 0) is 19.1 Å². The van der Waals surface area contributed by atoms with Crippen molar-refractivity contribution >= 4 is 29.4 Å². The van der Waals surface area contributed by atoms with Gasteiger partial charge in [-0.3, -0.25) is 19.3 Å². The molecule has 1 unspecified atom stereocenters. The first kappa shape index (κ1) is 20.8. The molecule has 0 saturated heterocycles. The molecule has 1 heterocycles. The number of carbonyl (C=O) groups is 4. The number of nitrogens with one attached hydrogen (secondary N) is 1. The van der Waals surface area contributed by atoms with Gasteiger partial charge in [-0.1, -0.05) is 12.1 Å². The lowest BCUT2D eigenvalue weighted by molar-refractivity contribution is -0.150. The standard InChI is InChI=1S/C21H20N2O7/c1-12(23-19(25)16-6-4-5-7-17(16)20(23)26)21(27)30-11-18(24)22-13-8-14(28-2)10-15(9-13)29-3/h4-10,12H,11H2,1-3H3,(H,22,24). The predicted octanol–water partition coefficient (Wildman–Crippen LogP) is 1.87. The maximum atomic E-state index is 12.4. The van der Waals surface area contributed by atoms with Crippen LogP contribution in [0.3, 0.4) is 0 Å². The van der Waals surface area contributed by atoms with Gasteiger partial charge in [0.25, 0.3) is 17.7 Å². The molecular formula is C21H20N2O7. The fraction of sp³-hybridized carbons (Fsp3) is 0.238. The summed E-state index contributed by atoms with van der Waals surface area (Å²) in [5.41, 5.74) is 0.847. The highest BCUT2D eigenvalue weighted by atomic mass is 16.5. The molecule has 0 fully saturated rings. The first-order valence-electron chi connectivity index (χ1n) is 9.02. The smallest absolute Gasteiger partial charge is 0.329 e. The largest absolute Gasteiger partial charge is 0.497 e. The summed E-state index contributed by atoms with van der Waals surface area (Å²) in [6.07, 6.45) is 0. The van der Waals surface area contributed by atoms with E-state index in [2.05, 4.69) is 5.32 Å². The van der Waals surface area contributed by atoms with Crippen LogP contribution in [0.15, 0.2) is 42.5 Å². The van der Waals surface area contributed by atoms with Crippen LogP contribution in [0.25, 0.3) is 0 Å². The number of hydrogen-bond donors (Lipinski definition) is 1. The molecule has 9 heteroatoms. The predicted molar refractivity (Wildman–Crippen MR) is 106 cm³/mol. The van der Waals surface area contributed by atoms with Crippen molar-refractivity contribution in [1.29, 1.82) is 0 Å². The minimum absolute atomic E-state index is 0.229. The van der Waals surface area contributed by atoms with Gasteiger partial charge in [0.05, 0.1) is 25.3 Å². The molecule has 0 bridgehead atoms. The van der Waals surface area contributed by atoms with Crippen molar-refractivity contribution in [3.8, 4) is 11.5 Å². The van der Waals surface area contributed by atoms with Crippen molar-refractivity contribution in [2.45, 2.75) is 13.0 Å². The summed E-state index contributed by atoms with van der Waals surface area (Å²) >= 11 is 0. The van der Waals surface area contributed by atoms with E-state index in [1.807, 2.05) is 0 Å².